The molecule has 8 nitrogen and oxygen atoms in total. The lowest BCUT2D eigenvalue weighted by Gasteiger charge is -2.24. The van der Waals surface area contributed by atoms with Crippen molar-refractivity contribution in [1.29, 1.82) is 0 Å². The molecule has 0 aliphatic heterocycles. The second-order valence-electron chi connectivity index (χ2n) is 13.9. The van der Waals surface area contributed by atoms with Gasteiger partial charge in [-0.1, -0.05) is 133 Å². The van der Waals surface area contributed by atoms with Gasteiger partial charge in [0.15, 0.2) is 0 Å². The van der Waals surface area contributed by atoms with Crippen molar-refractivity contribution in [1.82, 2.24) is 0 Å². The van der Waals surface area contributed by atoms with Crippen molar-refractivity contribution >= 4 is 13.8 Å². The Kier molecular flexibility index (Phi) is 32.5. The number of hydrogen-bond acceptors (Lipinski definition) is 6. The van der Waals surface area contributed by atoms with E-state index in [0.29, 0.717) is 24.1 Å². The second-order valence-corrected chi connectivity index (χ2v) is 15.4. The summed E-state index contributed by atoms with van der Waals surface area (Å²) < 4.78 is 34.7. The van der Waals surface area contributed by atoms with Crippen molar-refractivity contribution in [2.45, 2.75) is 148 Å². The van der Waals surface area contributed by atoms with Crippen molar-refractivity contribution in [2.75, 3.05) is 54.1 Å². The Morgan fingerprint density at radius 1 is 0.653 bits per heavy atom. The summed E-state index contributed by atoms with van der Waals surface area (Å²) in [4.78, 5) is 22.6. The summed E-state index contributed by atoms with van der Waals surface area (Å²) in [6.07, 6.45) is 38.7. The molecule has 0 aromatic heterocycles. The molecule has 0 spiro atoms. The van der Waals surface area contributed by atoms with Gasteiger partial charge in [0.25, 0.3) is 0 Å². The molecule has 0 aromatic rings. The lowest BCUT2D eigenvalue weighted by Crippen LogP contribution is -2.37. The zero-order valence-corrected chi connectivity index (χ0v) is 33.1. The molecule has 9 heteroatoms. The second kappa shape index (κ2) is 33.6. The summed E-state index contributed by atoms with van der Waals surface area (Å²) in [5.74, 6) is -0.327. The van der Waals surface area contributed by atoms with Crippen LogP contribution < -0.4 is 0 Å². The van der Waals surface area contributed by atoms with Crippen LogP contribution in [0.3, 0.4) is 0 Å². The van der Waals surface area contributed by atoms with Crippen LogP contribution in [0.2, 0.25) is 0 Å². The average Bonchev–Trinajstić information content (AvgIpc) is 3.04. The zero-order valence-electron chi connectivity index (χ0n) is 32.2. The lowest BCUT2D eigenvalue weighted by molar-refractivity contribution is -0.870. The predicted molar refractivity (Wildman–Crippen MR) is 206 cm³/mol. The van der Waals surface area contributed by atoms with Crippen molar-refractivity contribution in [3.63, 3.8) is 0 Å². The Balaban J connectivity index is 4.17. The summed E-state index contributed by atoms with van der Waals surface area (Å²) in [7, 11) is 1.65. The Morgan fingerprint density at radius 2 is 1.18 bits per heavy atom. The van der Waals surface area contributed by atoms with Crippen LogP contribution in [0.1, 0.15) is 142 Å². The first kappa shape index (κ1) is 47.5. The first-order valence-corrected chi connectivity index (χ1v) is 20.9. The minimum absolute atomic E-state index is 0.0851. The number of carbonyl (C=O) groups excluding carboxylic acids is 1. The number of hydrogen-bond donors (Lipinski definition) is 1. The van der Waals surface area contributed by atoms with Crippen LogP contribution in [0.5, 0.6) is 0 Å². The number of rotatable bonds is 35. The van der Waals surface area contributed by atoms with E-state index in [1.54, 1.807) is 0 Å². The van der Waals surface area contributed by atoms with Crippen LogP contribution in [0.4, 0.5) is 0 Å². The normalized spacial score (nSPS) is 14.5. The monoisotopic (exact) mass is 713 g/mol. The SMILES string of the molecule is CC/C=C\C/C=C\C/C=C\C/C=C\CCCCCCCCCOCC(COP(=O)(O)OCC[N+](C)(C)C)OC(=O)CCCCCCCCC. The molecule has 0 saturated carbocycles. The molecule has 0 rings (SSSR count). The molecular weight excluding hydrogens is 637 g/mol. The van der Waals surface area contributed by atoms with Gasteiger partial charge in [0.1, 0.15) is 19.3 Å². The van der Waals surface area contributed by atoms with Gasteiger partial charge >= 0.3 is 13.8 Å². The number of unbranched alkanes of at least 4 members (excludes halogenated alkanes) is 13. The third kappa shape index (κ3) is 37.5. The van der Waals surface area contributed by atoms with Crippen LogP contribution >= 0.6 is 7.82 Å². The summed E-state index contributed by atoms with van der Waals surface area (Å²) in [5.41, 5.74) is 0. The topological polar surface area (TPSA) is 91.3 Å². The fourth-order valence-corrected chi connectivity index (χ4v) is 5.64. The largest absolute Gasteiger partial charge is 0.472 e. The van der Waals surface area contributed by atoms with E-state index in [2.05, 4.69) is 62.5 Å². The Morgan fingerprint density at radius 3 is 1.78 bits per heavy atom. The smallest absolute Gasteiger partial charge is 0.457 e. The van der Waals surface area contributed by atoms with Crippen LogP contribution in [0.25, 0.3) is 0 Å². The minimum Gasteiger partial charge on any atom is -0.457 e. The molecule has 0 saturated heterocycles. The predicted octanol–water partition coefficient (Wildman–Crippen LogP) is 10.8. The van der Waals surface area contributed by atoms with Crippen LogP contribution in [-0.2, 0) is 27.9 Å². The number of carbonyl (C=O) groups is 1. The van der Waals surface area contributed by atoms with Gasteiger partial charge in [0.2, 0.25) is 0 Å². The van der Waals surface area contributed by atoms with Crippen LogP contribution in [0, 0.1) is 0 Å². The van der Waals surface area contributed by atoms with Crippen molar-refractivity contribution < 1.29 is 37.3 Å². The van der Waals surface area contributed by atoms with Gasteiger partial charge in [-0.05, 0) is 51.4 Å². The van der Waals surface area contributed by atoms with Gasteiger partial charge in [0, 0.05) is 13.0 Å². The highest BCUT2D eigenvalue weighted by Crippen LogP contribution is 2.43. The quantitative estimate of drug-likeness (QED) is 0.0230. The molecule has 49 heavy (non-hydrogen) atoms. The molecule has 0 aliphatic carbocycles. The first-order chi connectivity index (χ1) is 23.6. The number of ether oxygens (including phenoxy) is 2. The van der Waals surface area contributed by atoms with Gasteiger partial charge in [-0.2, -0.15) is 0 Å². The molecule has 0 aliphatic rings. The number of phosphoric acid groups is 1. The maximum atomic E-state index is 12.5. The number of nitrogens with zero attached hydrogens (tertiary/aromatic N) is 1. The summed E-state index contributed by atoms with van der Waals surface area (Å²) in [6, 6.07) is 0. The summed E-state index contributed by atoms with van der Waals surface area (Å²) >= 11 is 0. The molecule has 286 valence electrons. The van der Waals surface area contributed by atoms with E-state index in [-0.39, 0.29) is 25.8 Å². The fraction of sp³-hybridized carbons (Fsp3) is 0.775. The van der Waals surface area contributed by atoms with Crippen LogP contribution in [-0.4, -0.2) is 75.6 Å². The molecule has 0 fully saturated rings. The highest BCUT2D eigenvalue weighted by molar-refractivity contribution is 7.47. The van der Waals surface area contributed by atoms with Gasteiger partial charge in [-0.3, -0.25) is 13.8 Å². The Hall–Kier alpha value is -1.54. The highest BCUT2D eigenvalue weighted by Gasteiger charge is 2.26. The van der Waals surface area contributed by atoms with Gasteiger partial charge in [-0.15, -0.1) is 0 Å². The highest BCUT2D eigenvalue weighted by atomic mass is 31.2. The van der Waals surface area contributed by atoms with E-state index in [9.17, 15) is 14.3 Å². The van der Waals surface area contributed by atoms with E-state index in [1.165, 1.54) is 57.8 Å². The molecule has 0 aromatic carbocycles. The standard InChI is InChI=1S/C40H74NO7P/c1-6-8-10-12-14-15-16-17-18-19-20-21-22-23-24-25-26-28-30-32-35-45-37-39(38-47-49(43,44)46-36-34-41(3,4)5)48-40(42)33-31-29-27-13-11-9-7-2/h8,10,14-15,17-18,20-21,39H,6-7,9,11-13,16,19,22-38H2,1-5H3/p+1/b10-8-,15-14-,18-17-,21-20-. The molecule has 1 N–H and O–H groups in total. The van der Waals surface area contributed by atoms with Crippen molar-refractivity contribution in [3.05, 3.63) is 48.6 Å². The first-order valence-electron chi connectivity index (χ1n) is 19.4. The van der Waals surface area contributed by atoms with E-state index in [4.69, 9.17) is 18.5 Å². The number of allylic oxidation sites excluding steroid dienone is 8. The van der Waals surface area contributed by atoms with E-state index >= 15 is 0 Å². The van der Waals surface area contributed by atoms with Crippen molar-refractivity contribution in [3.8, 4) is 0 Å². The number of quaternary nitrogens is 1. The average molecular weight is 713 g/mol. The molecule has 0 bridgehead atoms. The van der Waals surface area contributed by atoms with Gasteiger partial charge < -0.3 is 18.9 Å². The molecule has 0 heterocycles. The maximum absolute atomic E-state index is 12.5. The lowest BCUT2D eigenvalue weighted by atomic mass is 10.1. The molecule has 0 amide bonds. The van der Waals surface area contributed by atoms with Crippen molar-refractivity contribution in [2.24, 2.45) is 0 Å². The van der Waals surface area contributed by atoms with Gasteiger partial charge in [0.05, 0.1) is 34.4 Å². The maximum Gasteiger partial charge on any atom is 0.472 e. The molecule has 2 unspecified atom stereocenters. The number of esters is 1. The third-order valence-electron chi connectivity index (χ3n) is 7.90. The minimum atomic E-state index is -4.26. The van der Waals surface area contributed by atoms with E-state index < -0.39 is 13.9 Å². The molecule has 2 atom stereocenters. The fourth-order valence-electron chi connectivity index (χ4n) is 4.89. The zero-order chi connectivity index (χ0) is 36.3. The Labute approximate surface area is 301 Å². The van der Waals surface area contributed by atoms with Gasteiger partial charge in [-0.25, -0.2) is 4.57 Å². The Bertz CT molecular complexity index is 926. The molecule has 0 radical (unpaired) electrons. The number of likely N-dealkylation sites (N-methyl/N-ethyl adjacent to an activating group) is 1. The van der Waals surface area contributed by atoms with E-state index in [0.717, 1.165) is 64.2 Å². The van der Waals surface area contributed by atoms with Crippen LogP contribution in [0.15, 0.2) is 48.6 Å². The summed E-state index contributed by atoms with van der Waals surface area (Å²) in [5, 5.41) is 0. The van der Waals surface area contributed by atoms with E-state index in [1.807, 2.05) is 21.1 Å². The third-order valence-corrected chi connectivity index (χ3v) is 8.89. The number of phosphoric ester groups is 1. The molecular formula is C40H75NO7P+. The summed E-state index contributed by atoms with van der Waals surface area (Å²) in [6.45, 7) is 5.42.